The molecule has 1 N–H and O–H groups in total. The second-order valence-electron chi connectivity index (χ2n) is 5.89. The van der Waals surface area contributed by atoms with Gasteiger partial charge in [0.2, 0.25) is 0 Å². The number of alkyl halides is 2. The lowest BCUT2D eigenvalue weighted by Crippen LogP contribution is -2.48. The van der Waals surface area contributed by atoms with Crippen LogP contribution in [-0.2, 0) is 28.1 Å². The molecule has 0 aliphatic carbocycles. The molecule has 0 bridgehead atoms. The SMILES string of the molecule is COCc1c(C(F)F)sc2c1CCO[C@@]21CCN[C@@H](C)C1. The van der Waals surface area contributed by atoms with Crippen LogP contribution in [0, 0.1) is 0 Å². The molecule has 6 heteroatoms. The third kappa shape index (κ3) is 2.63. The lowest BCUT2D eigenvalue weighted by atomic mass is 9.82. The summed E-state index contributed by atoms with van der Waals surface area (Å²) in [6.07, 6.45) is -0.0435. The molecule has 3 rings (SSSR count). The smallest absolute Gasteiger partial charge is 0.273 e. The van der Waals surface area contributed by atoms with Crippen LogP contribution >= 0.6 is 11.3 Å². The molecule has 0 unspecified atom stereocenters. The maximum atomic E-state index is 13.4. The molecule has 0 radical (unpaired) electrons. The second-order valence-corrected chi connectivity index (χ2v) is 6.94. The van der Waals surface area contributed by atoms with Crippen molar-refractivity contribution >= 4 is 11.3 Å². The Kier molecular flexibility index (Phi) is 4.32. The summed E-state index contributed by atoms with van der Waals surface area (Å²) in [5, 5.41) is 3.41. The van der Waals surface area contributed by atoms with Crippen molar-refractivity contribution in [3.05, 3.63) is 20.9 Å². The maximum absolute atomic E-state index is 13.4. The molecule has 1 aromatic rings. The fourth-order valence-corrected chi connectivity index (χ4v) is 4.96. The van der Waals surface area contributed by atoms with E-state index in [2.05, 4.69) is 12.2 Å². The minimum absolute atomic E-state index is 0.165. The van der Waals surface area contributed by atoms with E-state index in [1.54, 1.807) is 7.11 Å². The van der Waals surface area contributed by atoms with Crippen LogP contribution in [0.5, 0.6) is 0 Å². The Morgan fingerprint density at radius 2 is 2.33 bits per heavy atom. The van der Waals surface area contributed by atoms with Crippen molar-refractivity contribution in [1.82, 2.24) is 5.32 Å². The molecule has 1 saturated heterocycles. The summed E-state index contributed by atoms with van der Waals surface area (Å²) in [5.41, 5.74) is 1.37. The summed E-state index contributed by atoms with van der Waals surface area (Å²) < 4.78 is 38.0. The van der Waals surface area contributed by atoms with Crippen molar-refractivity contribution < 1.29 is 18.3 Å². The average Bonchev–Trinajstić information content (AvgIpc) is 2.80. The zero-order valence-electron chi connectivity index (χ0n) is 12.4. The Bertz CT molecular complexity index is 520. The lowest BCUT2D eigenvalue weighted by Gasteiger charge is -2.43. The van der Waals surface area contributed by atoms with Crippen molar-refractivity contribution in [3.8, 4) is 0 Å². The van der Waals surface area contributed by atoms with Gasteiger partial charge in [0.05, 0.1) is 18.1 Å². The molecule has 2 aliphatic heterocycles. The maximum Gasteiger partial charge on any atom is 0.273 e. The number of fused-ring (bicyclic) bond motifs is 2. The van der Waals surface area contributed by atoms with Gasteiger partial charge in [-0.1, -0.05) is 0 Å². The summed E-state index contributed by atoms with van der Waals surface area (Å²) in [5.74, 6) is 0. The molecule has 0 saturated carbocycles. The first-order chi connectivity index (χ1) is 10.1. The van der Waals surface area contributed by atoms with Crippen molar-refractivity contribution in [2.24, 2.45) is 0 Å². The number of rotatable bonds is 3. The van der Waals surface area contributed by atoms with Crippen LogP contribution in [0.2, 0.25) is 0 Å². The monoisotopic (exact) mass is 317 g/mol. The Hall–Kier alpha value is -0.560. The highest BCUT2D eigenvalue weighted by molar-refractivity contribution is 7.12. The number of halogens is 2. The van der Waals surface area contributed by atoms with Crippen molar-refractivity contribution in [1.29, 1.82) is 0 Å². The highest BCUT2D eigenvalue weighted by Crippen LogP contribution is 2.49. The summed E-state index contributed by atoms with van der Waals surface area (Å²) >= 11 is 1.23. The molecule has 1 aromatic heterocycles. The van der Waals surface area contributed by atoms with Crippen LogP contribution in [0.15, 0.2) is 0 Å². The summed E-state index contributed by atoms with van der Waals surface area (Å²) in [6.45, 7) is 3.85. The Morgan fingerprint density at radius 1 is 1.52 bits per heavy atom. The summed E-state index contributed by atoms with van der Waals surface area (Å²) in [4.78, 5) is 1.18. The minimum Gasteiger partial charge on any atom is -0.380 e. The van der Waals surface area contributed by atoms with Gasteiger partial charge in [0.25, 0.3) is 6.43 Å². The van der Waals surface area contributed by atoms with Gasteiger partial charge in [-0.25, -0.2) is 8.78 Å². The predicted molar refractivity (Wildman–Crippen MR) is 78.0 cm³/mol. The Morgan fingerprint density at radius 3 is 3.00 bits per heavy atom. The molecule has 0 aromatic carbocycles. The van der Waals surface area contributed by atoms with Gasteiger partial charge in [-0.3, -0.25) is 0 Å². The molecular formula is C15H21F2NO2S. The van der Waals surface area contributed by atoms with Crippen LogP contribution in [0.1, 0.15) is 47.1 Å². The molecule has 0 amide bonds. The number of thiophene rings is 1. The van der Waals surface area contributed by atoms with Crippen LogP contribution in [0.3, 0.4) is 0 Å². The fraction of sp³-hybridized carbons (Fsp3) is 0.733. The molecule has 118 valence electrons. The largest absolute Gasteiger partial charge is 0.380 e. The van der Waals surface area contributed by atoms with E-state index >= 15 is 0 Å². The number of ether oxygens (including phenoxy) is 2. The predicted octanol–water partition coefficient (Wildman–Crippen LogP) is 3.37. The van der Waals surface area contributed by atoms with Gasteiger partial charge in [-0.2, -0.15) is 0 Å². The topological polar surface area (TPSA) is 30.5 Å². The van der Waals surface area contributed by atoms with E-state index in [1.807, 2.05) is 0 Å². The first kappa shape index (κ1) is 15.3. The van der Waals surface area contributed by atoms with E-state index in [4.69, 9.17) is 9.47 Å². The summed E-state index contributed by atoms with van der Waals surface area (Å²) in [6, 6.07) is 0.340. The van der Waals surface area contributed by atoms with Gasteiger partial charge < -0.3 is 14.8 Å². The van der Waals surface area contributed by atoms with Gasteiger partial charge in [0.1, 0.15) is 5.60 Å². The van der Waals surface area contributed by atoms with E-state index in [9.17, 15) is 8.78 Å². The third-order valence-electron chi connectivity index (χ3n) is 4.44. The van der Waals surface area contributed by atoms with Crippen LogP contribution in [0.4, 0.5) is 8.78 Å². The Balaban J connectivity index is 2.07. The lowest BCUT2D eigenvalue weighted by molar-refractivity contribution is -0.0851. The van der Waals surface area contributed by atoms with Crippen molar-refractivity contribution in [3.63, 3.8) is 0 Å². The first-order valence-corrected chi connectivity index (χ1v) is 8.18. The van der Waals surface area contributed by atoms with Gasteiger partial charge >= 0.3 is 0 Å². The van der Waals surface area contributed by atoms with Gasteiger partial charge in [0, 0.05) is 23.6 Å². The normalized spacial score (nSPS) is 29.1. The third-order valence-corrected chi connectivity index (χ3v) is 5.90. The second kappa shape index (κ2) is 5.91. The highest BCUT2D eigenvalue weighted by Gasteiger charge is 2.44. The number of hydrogen-bond acceptors (Lipinski definition) is 4. The van der Waals surface area contributed by atoms with Crippen molar-refractivity contribution in [2.75, 3.05) is 20.3 Å². The van der Waals surface area contributed by atoms with Crippen LogP contribution in [0.25, 0.3) is 0 Å². The van der Waals surface area contributed by atoms with E-state index in [1.165, 1.54) is 11.3 Å². The van der Waals surface area contributed by atoms with Gasteiger partial charge in [-0.05, 0) is 38.3 Å². The van der Waals surface area contributed by atoms with E-state index in [0.717, 1.165) is 29.8 Å². The molecule has 1 spiro atoms. The standard InChI is InChI=1S/C15H21F2NO2S/c1-9-7-15(4-5-18-9)13-10(3-6-20-15)11(8-19-2)12(21-13)14(16)17/h9,14,18H,3-8H2,1-2H3/t9-,15+/m0/s1. The highest BCUT2D eigenvalue weighted by atomic mass is 32.1. The molecule has 21 heavy (non-hydrogen) atoms. The molecule has 2 atom stereocenters. The number of hydrogen-bond donors (Lipinski definition) is 1. The number of methoxy groups -OCH3 is 1. The zero-order valence-corrected chi connectivity index (χ0v) is 13.2. The van der Waals surface area contributed by atoms with Gasteiger partial charge in [-0.15, -0.1) is 11.3 Å². The van der Waals surface area contributed by atoms with E-state index in [-0.39, 0.29) is 17.1 Å². The quantitative estimate of drug-likeness (QED) is 0.927. The molecule has 3 nitrogen and oxygen atoms in total. The van der Waals surface area contributed by atoms with Crippen LogP contribution in [-0.4, -0.2) is 26.3 Å². The van der Waals surface area contributed by atoms with E-state index in [0.29, 0.717) is 24.6 Å². The number of piperidine rings is 1. The van der Waals surface area contributed by atoms with Crippen LogP contribution < -0.4 is 5.32 Å². The molecule has 1 fully saturated rings. The van der Waals surface area contributed by atoms with Crippen molar-refractivity contribution in [2.45, 2.75) is 50.9 Å². The number of nitrogens with one attached hydrogen (secondary N) is 1. The Labute approximate surface area is 127 Å². The fourth-order valence-electron chi connectivity index (χ4n) is 3.57. The first-order valence-electron chi connectivity index (χ1n) is 7.37. The zero-order chi connectivity index (χ0) is 15.0. The molecular weight excluding hydrogens is 296 g/mol. The average molecular weight is 317 g/mol. The van der Waals surface area contributed by atoms with E-state index < -0.39 is 6.43 Å². The molecule has 2 aliphatic rings. The van der Waals surface area contributed by atoms with Gasteiger partial charge in [0.15, 0.2) is 0 Å². The molecule has 3 heterocycles. The summed E-state index contributed by atoms with van der Waals surface area (Å²) in [7, 11) is 1.56. The minimum atomic E-state index is -2.44.